The minimum atomic E-state index is 0.0110. The molecule has 1 aromatic heterocycles. The number of benzene rings is 2. The summed E-state index contributed by atoms with van der Waals surface area (Å²) in [6, 6.07) is 15.9. The van der Waals surface area contributed by atoms with E-state index in [1.54, 1.807) is 0 Å². The van der Waals surface area contributed by atoms with Crippen LogP contribution in [0.25, 0.3) is 11.1 Å². The molecular formula is C18H17ClN2O. The molecule has 0 aliphatic rings. The van der Waals surface area contributed by atoms with Crippen molar-refractivity contribution < 1.29 is 4.74 Å². The third kappa shape index (κ3) is 3.31. The van der Waals surface area contributed by atoms with Crippen molar-refractivity contribution in [2.45, 2.75) is 19.4 Å². The fourth-order valence-electron chi connectivity index (χ4n) is 2.39. The SMILES string of the molecule is CCC(Oc1cccc(Cl)c1)c1ccc(-c2cn[nH]c2)cc1. The summed E-state index contributed by atoms with van der Waals surface area (Å²) in [6.45, 7) is 2.11. The molecule has 3 aromatic rings. The predicted molar refractivity (Wildman–Crippen MR) is 89.1 cm³/mol. The van der Waals surface area contributed by atoms with Crippen molar-refractivity contribution >= 4 is 11.6 Å². The second kappa shape index (κ2) is 6.67. The number of halogens is 1. The van der Waals surface area contributed by atoms with Crippen molar-refractivity contribution in [1.82, 2.24) is 10.2 Å². The van der Waals surface area contributed by atoms with Crippen molar-refractivity contribution in [2.75, 3.05) is 0 Å². The lowest BCUT2D eigenvalue weighted by Gasteiger charge is -2.18. The van der Waals surface area contributed by atoms with Crippen LogP contribution in [0.2, 0.25) is 5.02 Å². The molecule has 2 aromatic carbocycles. The average Bonchev–Trinajstić information content (AvgIpc) is 3.07. The van der Waals surface area contributed by atoms with Gasteiger partial charge in [0.1, 0.15) is 11.9 Å². The van der Waals surface area contributed by atoms with Crippen molar-refractivity contribution in [3.8, 4) is 16.9 Å². The summed E-state index contributed by atoms with van der Waals surface area (Å²) >= 11 is 6.01. The fourth-order valence-corrected chi connectivity index (χ4v) is 2.57. The van der Waals surface area contributed by atoms with Crippen LogP contribution in [0.1, 0.15) is 25.0 Å². The van der Waals surface area contributed by atoms with Crippen LogP contribution in [0.4, 0.5) is 0 Å². The third-order valence-electron chi connectivity index (χ3n) is 3.56. The molecular weight excluding hydrogens is 296 g/mol. The standard InChI is InChI=1S/C18H17ClN2O/c1-2-18(22-17-5-3-4-16(19)10-17)14-8-6-13(7-9-14)15-11-20-21-12-15/h3-12,18H,2H2,1H3,(H,20,21). The number of hydrogen-bond donors (Lipinski definition) is 1. The number of hydrogen-bond acceptors (Lipinski definition) is 2. The van der Waals surface area contributed by atoms with Crippen molar-refractivity contribution in [1.29, 1.82) is 0 Å². The number of ether oxygens (including phenoxy) is 1. The Kier molecular flexibility index (Phi) is 4.45. The van der Waals surface area contributed by atoms with E-state index >= 15 is 0 Å². The average molecular weight is 313 g/mol. The molecule has 1 heterocycles. The van der Waals surface area contributed by atoms with E-state index in [2.05, 4.69) is 41.4 Å². The molecule has 0 radical (unpaired) electrons. The lowest BCUT2D eigenvalue weighted by Crippen LogP contribution is -2.06. The van der Waals surface area contributed by atoms with Crippen molar-refractivity contribution in [3.63, 3.8) is 0 Å². The summed E-state index contributed by atoms with van der Waals surface area (Å²) in [5.41, 5.74) is 3.36. The van der Waals surface area contributed by atoms with Gasteiger partial charge in [-0.1, -0.05) is 48.9 Å². The molecule has 0 spiro atoms. The van der Waals surface area contributed by atoms with Crippen LogP contribution >= 0.6 is 11.6 Å². The molecule has 0 saturated carbocycles. The lowest BCUT2D eigenvalue weighted by molar-refractivity contribution is 0.201. The minimum absolute atomic E-state index is 0.0110. The van der Waals surface area contributed by atoms with Crippen LogP contribution in [0.5, 0.6) is 5.75 Å². The predicted octanol–water partition coefficient (Wildman–Crippen LogP) is 5.26. The highest BCUT2D eigenvalue weighted by Gasteiger charge is 2.12. The summed E-state index contributed by atoms with van der Waals surface area (Å²) in [4.78, 5) is 0. The Hall–Kier alpha value is -2.26. The highest BCUT2D eigenvalue weighted by atomic mass is 35.5. The Morgan fingerprint density at radius 1 is 1.14 bits per heavy atom. The van der Waals surface area contributed by atoms with E-state index in [4.69, 9.17) is 16.3 Å². The zero-order chi connectivity index (χ0) is 15.4. The Morgan fingerprint density at radius 2 is 1.95 bits per heavy atom. The van der Waals surface area contributed by atoms with E-state index in [1.165, 1.54) is 0 Å². The van der Waals surface area contributed by atoms with Gasteiger partial charge in [0.25, 0.3) is 0 Å². The van der Waals surface area contributed by atoms with Crippen LogP contribution in [0.3, 0.4) is 0 Å². The molecule has 0 fully saturated rings. The normalized spacial score (nSPS) is 12.1. The monoisotopic (exact) mass is 312 g/mol. The molecule has 1 N–H and O–H groups in total. The number of aromatic nitrogens is 2. The maximum absolute atomic E-state index is 6.06. The number of nitrogens with zero attached hydrogens (tertiary/aromatic N) is 1. The maximum atomic E-state index is 6.06. The van der Waals surface area contributed by atoms with Gasteiger partial charge in [0.2, 0.25) is 0 Å². The van der Waals surface area contributed by atoms with Gasteiger partial charge in [0.15, 0.2) is 0 Å². The third-order valence-corrected chi connectivity index (χ3v) is 3.79. The highest BCUT2D eigenvalue weighted by molar-refractivity contribution is 6.30. The van der Waals surface area contributed by atoms with Crippen molar-refractivity contribution in [3.05, 3.63) is 71.5 Å². The molecule has 0 amide bonds. The first-order chi connectivity index (χ1) is 10.8. The van der Waals surface area contributed by atoms with E-state index in [9.17, 15) is 0 Å². The van der Waals surface area contributed by atoms with Gasteiger partial charge >= 0.3 is 0 Å². The van der Waals surface area contributed by atoms with Crippen LogP contribution in [-0.4, -0.2) is 10.2 Å². The molecule has 0 saturated heterocycles. The maximum Gasteiger partial charge on any atom is 0.123 e. The minimum Gasteiger partial charge on any atom is -0.486 e. The molecule has 0 aliphatic heterocycles. The quantitative estimate of drug-likeness (QED) is 0.697. The Morgan fingerprint density at radius 3 is 2.59 bits per heavy atom. The molecule has 0 bridgehead atoms. The van der Waals surface area contributed by atoms with Crippen LogP contribution in [0.15, 0.2) is 60.9 Å². The molecule has 1 unspecified atom stereocenters. The Balaban J connectivity index is 1.78. The molecule has 22 heavy (non-hydrogen) atoms. The van der Waals surface area contributed by atoms with Gasteiger partial charge in [0, 0.05) is 16.8 Å². The van der Waals surface area contributed by atoms with E-state index < -0.39 is 0 Å². The molecule has 112 valence electrons. The van der Waals surface area contributed by atoms with Gasteiger partial charge in [-0.05, 0) is 35.7 Å². The zero-order valence-corrected chi connectivity index (χ0v) is 13.0. The largest absolute Gasteiger partial charge is 0.486 e. The second-order valence-corrected chi connectivity index (χ2v) is 5.52. The van der Waals surface area contributed by atoms with Crippen LogP contribution in [0, 0.1) is 0 Å². The summed E-state index contributed by atoms with van der Waals surface area (Å²) in [5.74, 6) is 0.790. The van der Waals surface area contributed by atoms with Gasteiger partial charge in [0.05, 0.1) is 6.20 Å². The van der Waals surface area contributed by atoms with Gasteiger partial charge in [-0.25, -0.2) is 0 Å². The first-order valence-electron chi connectivity index (χ1n) is 7.27. The Labute approximate surface area is 134 Å². The number of rotatable bonds is 5. The smallest absolute Gasteiger partial charge is 0.123 e. The van der Waals surface area contributed by atoms with E-state index in [-0.39, 0.29) is 6.10 Å². The topological polar surface area (TPSA) is 37.9 Å². The summed E-state index contributed by atoms with van der Waals surface area (Å²) in [7, 11) is 0. The molecule has 1 atom stereocenters. The van der Waals surface area contributed by atoms with Crippen LogP contribution in [-0.2, 0) is 0 Å². The number of H-pyrrole nitrogens is 1. The summed E-state index contributed by atoms with van der Waals surface area (Å²) < 4.78 is 6.06. The molecule has 4 heteroatoms. The highest BCUT2D eigenvalue weighted by Crippen LogP contribution is 2.28. The lowest BCUT2D eigenvalue weighted by atomic mass is 10.0. The van der Waals surface area contributed by atoms with Gasteiger partial charge < -0.3 is 4.74 Å². The first kappa shape index (κ1) is 14.7. The van der Waals surface area contributed by atoms with Gasteiger partial charge in [-0.2, -0.15) is 5.10 Å². The van der Waals surface area contributed by atoms with E-state index in [1.807, 2.05) is 36.7 Å². The van der Waals surface area contributed by atoms with E-state index in [0.29, 0.717) is 5.02 Å². The molecule has 0 aliphatic carbocycles. The fraction of sp³-hybridized carbons (Fsp3) is 0.167. The van der Waals surface area contributed by atoms with Crippen molar-refractivity contribution in [2.24, 2.45) is 0 Å². The Bertz CT molecular complexity index is 723. The first-order valence-corrected chi connectivity index (χ1v) is 7.65. The van der Waals surface area contributed by atoms with E-state index in [0.717, 1.165) is 28.9 Å². The number of nitrogens with one attached hydrogen (secondary N) is 1. The van der Waals surface area contributed by atoms with Crippen LogP contribution < -0.4 is 4.74 Å². The summed E-state index contributed by atoms with van der Waals surface area (Å²) in [6.07, 6.45) is 4.60. The summed E-state index contributed by atoms with van der Waals surface area (Å²) in [5, 5.41) is 7.48. The molecule has 3 rings (SSSR count). The zero-order valence-electron chi connectivity index (χ0n) is 12.3. The second-order valence-electron chi connectivity index (χ2n) is 5.08. The molecule has 3 nitrogen and oxygen atoms in total. The van der Waals surface area contributed by atoms with Gasteiger partial charge in [-0.15, -0.1) is 0 Å². The number of aromatic amines is 1. The van der Waals surface area contributed by atoms with Gasteiger partial charge in [-0.3, -0.25) is 5.10 Å².